The smallest absolute Gasteiger partial charge is 0.258 e. The summed E-state index contributed by atoms with van der Waals surface area (Å²) in [5.74, 6) is -2.82. The zero-order chi connectivity index (χ0) is 12.5. The quantitative estimate of drug-likeness (QED) is 0.635. The van der Waals surface area contributed by atoms with Crippen LogP contribution in [0.1, 0.15) is 0 Å². The van der Waals surface area contributed by atoms with Crippen molar-refractivity contribution in [3.05, 3.63) is 33.9 Å². The maximum atomic E-state index is 13.1. The van der Waals surface area contributed by atoms with Crippen molar-refractivity contribution >= 4 is 15.7 Å². The zero-order valence-electron chi connectivity index (χ0n) is 7.90. The predicted molar refractivity (Wildman–Crippen MR) is 49.3 cm³/mol. The number of nitro groups is 1. The summed E-state index contributed by atoms with van der Waals surface area (Å²) >= 11 is 0. The van der Waals surface area contributed by atoms with E-state index in [0.29, 0.717) is 6.07 Å². The van der Waals surface area contributed by atoms with Crippen LogP contribution in [-0.4, -0.2) is 20.4 Å². The standard InChI is InChI=1S/C7H6F2N2O4S/c1-10-16(14,15)7-3-6(11(12)13)4(8)2-5(7)9/h2-3,10H,1H3. The number of halogens is 2. The highest BCUT2D eigenvalue weighted by Crippen LogP contribution is 2.24. The number of rotatable bonds is 3. The third kappa shape index (κ3) is 2.14. The Labute approximate surface area is 89.1 Å². The molecule has 9 heteroatoms. The van der Waals surface area contributed by atoms with Crippen LogP contribution in [-0.2, 0) is 10.0 Å². The maximum Gasteiger partial charge on any atom is 0.306 e. The van der Waals surface area contributed by atoms with E-state index in [9.17, 15) is 27.3 Å². The minimum atomic E-state index is -4.20. The number of sulfonamides is 1. The van der Waals surface area contributed by atoms with Crippen LogP contribution in [0.4, 0.5) is 14.5 Å². The van der Waals surface area contributed by atoms with Crippen molar-refractivity contribution < 1.29 is 22.1 Å². The van der Waals surface area contributed by atoms with E-state index in [1.54, 1.807) is 4.72 Å². The Kier molecular flexibility index (Phi) is 3.19. The van der Waals surface area contributed by atoms with Gasteiger partial charge in [-0.1, -0.05) is 0 Å². The molecule has 0 radical (unpaired) electrons. The lowest BCUT2D eigenvalue weighted by molar-refractivity contribution is -0.387. The first-order valence-electron chi connectivity index (χ1n) is 3.86. The molecular weight excluding hydrogens is 246 g/mol. The molecule has 0 atom stereocenters. The van der Waals surface area contributed by atoms with Crippen LogP contribution in [0, 0.1) is 21.7 Å². The SMILES string of the molecule is CNS(=O)(=O)c1cc([N+](=O)[O-])c(F)cc1F. The second kappa shape index (κ2) is 4.10. The Bertz CT molecular complexity index is 544. The predicted octanol–water partition coefficient (Wildman–Crippen LogP) is 0.781. The molecule has 0 bridgehead atoms. The van der Waals surface area contributed by atoms with E-state index in [2.05, 4.69) is 0 Å². The van der Waals surface area contributed by atoms with Gasteiger partial charge in [-0.25, -0.2) is 17.5 Å². The average Bonchev–Trinajstić information content (AvgIpc) is 2.16. The third-order valence-corrected chi connectivity index (χ3v) is 3.19. The van der Waals surface area contributed by atoms with Crippen LogP contribution in [0.3, 0.4) is 0 Å². The highest BCUT2D eigenvalue weighted by atomic mass is 32.2. The van der Waals surface area contributed by atoms with Gasteiger partial charge in [-0.15, -0.1) is 0 Å². The van der Waals surface area contributed by atoms with Gasteiger partial charge in [0.25, 0.3) is 0 Å². The van der Waals surface area contributed by atoms with Gasteiger partial charge in [-0.2, -0.15) is 4.39 Å². The van der Waals surface area contributed by atoms with Gasteiger partial charge in [0.05, 0.1) is 4.92 Å². The van der Waals surface area contributed by atoms with E-state index in [1.165, 1.54) is 0 Å². The molecule has 1 rings (SSSR count). The molecule has 0 unspecified atom stereocenters. The van der Waals surface area contributed by atoms with Crippen molar-refractivity contribution in [2.24, 2.45) is 0 Å². The molecule has 0 spiro atoms. The first-order chi connectivity index (χ1) is 7.29. The third-order valence-electron chi connectivity index (χ3n) is 1.76. The van der Waals surface area contributed by atoms with Crippen molar-refractivity contribution in [1.82, 2.24) is 4.72 Å². The van der Waals surface area contributed by atoms with Crippen LogP contribution in [0.25, 0.3) is 0 Å². The minimum absolute atomic E-state index is 0.155. The lowest BCUT2D eigenvalue weighted by Gasteiger charge is -2.04. The molecule has 1 N–H and O–H groups in total. The first kappa shape index (κ1) is 12.5. The van der Waals surface area contributed by atoms with E-state index >= 15 is 0 Å². The van der Waals surface area contributed by atoms with E-state index < -0.39 is 37.2 Å². The fraction of sp³-hybridized carbons (Fsp3) is 0.143. The van der Waals surface area contributed by atoms with Crippen molar-refractivity contribution in [3.63, 3.8) is 0 Å². The Morgan fingerprint density at radius 1 is 1.31 bits per heavy atom. The molecule has 1 aromatic carbocycles. The summed E-state index contributed by atoms with van der Waals surface area (Å²) in [7, 11) is -3.19. The van der Waals surface area contributed by atoms with Gasteiger partial charge < -0.3 is 0 Å². The second-order valence-corrected chi connectivity index (χ2v) is 4.55. The molecule has 0 saturated carbocycles. The summed E-state index contributed by atoms with van der Waals surface area (Å²) in [6.45, 7) is 0. The summed E-state index contributed by atoms with van der Waals surface area (Å²) in [5, 5.41) is 10.3. The summed E-state index contributed by atoms with van der Waals surface area (Å²) in [6, 6.07) is 0.485. The molecule has 0 heterocycles. The van der Waals surface area contributed by atoms with Gasteiger partial charge in [-0.3, -0.25) is 10.1 Å². The number of benzene rings is 1. The monoisotopic (exact) mass is 252 g/mol. The summed E-state index contributed by atoms with van der Waals surface area (Å²) in [6.07, 6.45) is 0. The first-order valence-corrected chi connectivity index (χ1v) is 5.35. The molecule has 88 valence electrons. The summed E-state index contributed by atoms with van der Waals surface area (Å²) in [4.78, 5) is 8.22. The van der Waals surface area contributed by atoms with Crippen molar-refractivity contribution in [2.45, 2.75) is 4.90 Å². The number of hydrogen-bond donors (Lipinski definition) is 1. The molecule has 16 heavy (non-hydrogen) atoms. The lowest BCUT2D eigenvalue weighted by atomic mass is 10.3. The lowest BCUT2D eigenvalue weighted by Crippen LogP contribution is -2.20. The van der Waals surface area contributed by atoms with Crippen LogP contribution in [0.2, 0.25) is 0 Å². The normalized spacial score (nSPS) is 11.4. The average molecular weight is 252 g/mol. The maximum absolute atomic E-state index is 13.1. The van der Waals surface area contributed by atoms with Gasteiger partial charge in [0.15, 0.2) is 0 Å². The Morgan fingerprint density at radius 2 is 1.88 bits per heavy atom. The van der Waals surface area contributed by atoms with E-state index in [-0.39, 0.29) is 6.07 Å². The summed E-state index contributed by atoms with van der Waals surface area (Å²) < 4.78 is 50.2. The molecule has 0 aliphatic carbocycles. The molecular formula is C7H6F2N2O4S. The van der Waals surface area contributed by atoms with Gasteiger partial charge in [0.2, 0.25) is 15.8 Å². The van der Waals surface area contributed by atoms with Gasteiger partial charge in [-0.05, 0) is 7.05 Å². The van der Waals surface area contributed by atoms with E-state index in [0.717, 1.165) is 7.05 Å². The number of nitrogens with zero attached hydrogens (tertiary/aromatic N) is 1. The summed E-state index contributed by atoms with van der Waals surface area (Å²) in [5.41, 5.74) is -1.10. The molecule has 6 nitrogen and oxygen atoms in total. The van der Waals surface area contributed by atoms with Gasteiger partial charge >= 0.3 is 5.69 Å². The van der Waals surface area contributed by atoms with Crippen LogP contribution in [0.5, 0.6) is 0 Å². The number of hydrogen-bond acceptors (Lipinski definition) is 4. The van der Waals surface area contributed by atoms with Crippen molar-refractivity contribution in [3.8, 4) is 0 Å². The van der Waals surface area contributed by atoms with Gasteiger partial charge in [0, 0.05) is 12.1 Å². The van der Waals surface area contributed by atoms with Crippen LogP contribution in [0.15, 0.2) is 17.0 Å². The largest absolute Gasteiger partial charge is 0.306 e. The molecule has 0 fully saturated rings. The highest BCUT2D eigenvalue weighted by Gasteiger charge is 2.25. The molecule has 0 aliphatic heterocycles. The molecule has 0 amide bonds. The highest BCUT2D eigenvalue weighted by molar-refractivity contribution is 7.89. The fourth-order valence-corrected chi connectivity index (χ4v) is 1.78. The van der Waals surface area contributed by atoms with Crippen LogP contribution >= 0.6 is 0 Å². The fourth-order valence-electron chi connectivity index (χ4n) is 0.974. The molecule has 0 saturated heterocycles. The van der Waals surface area contributed by atoms with Gasteiger partial charge in [0.1, 0.15) is 10.7 Å². The molecule has 0 aromatic heterocycles. The van der Waals surface area contributed by atoms with Crippen molar-refractivity contribution in [1.29, 1.82) is 0 Å². The minimum Gasteiger partial charge on any atom is -0.258 e. The number of nitrogens with one attached hydrogen (secondary N) is 1. The Balaban J connectivity index is 3.55. The van der Waals surface area contributed by atoms with Crippen LogP contribution < -0.4 is 4.72 Å². The topological polar surface area (TPSA) is 89.3 Å². The Morgan fingerprint density at radius 3 is 2.31 bits per heavy atom. The second-order valence-electron chi connectivity index (χ2n) is 2.70. The van der Waals surface area contributed by atoms with Crippen molar-refractivity contribution in [2.75, 3.05) is 7.05 Å². The Hall–Kier alpha value is -1.61. The molecule has 1 aromatic rings. The van der Waals surface area contributed by atoms with E-state index in [4.69, 9.17) is 0 Å². The zero-order valence-corrected chi connectivity index (χ0v) is 8.72. The number of nitro benzene ring substituents is 1. The van der Waals surface area contributed by atoms with E-state index in [1.807, 2.05) is 0 Å². The molecule has 0 aliphatic rings.